The Morgan fingerprint density at radius 2 is 2.14 bits per heavy atom. The first kappa shape index (κ1) is 11.3. The van der Waals surface area contributed by atoms with Crippen LogP contribution >= 0.6 is 23.2 Å². The van der Waals surface area contributed by atoms with Crippen molar-refractivity contribution in [1.29, 1.82) is 0 Å². The molecule has 2 nitrogen and oxygen atoms in total. The van der Waals surface area contributed by atoms with Crippen LogP contribution in [0, 0.1) is 6.92 Å². The summed E-state index contributed by atoms with van der Waals surface area (Å²) in [6, 6.07) is 3.53. The number of hydrogen-bond acceptors (Lipinski definition) is 2. The number of ether oxygens (including phenoxy) is 1. The molecule has 0 atom stereocenters. The monoisotopic (exact) mass is 232 g/mol. The second-order valence-electron chi connectivity index (χ2n) is 2.91. The van der Waals surface area contributed by atoms with Crippen molar-refractivity contribution in [3.8, 4) is 0 Å². The number of methoxy groups -OCH3 is 1. The average Bonchev–Trinajstić information content (AvgIpc) is 2.19. The van der Waals surface area contributed by atoms with Crippen LogP contribution in [0.2, 0.25) is 5.02 Å². The molecule has 1 rings (SSSR count). The van der Waals surface area contributed by atoms with Gasteiger partial charge in [0.15, 0.2) is 0 Å². The third-order valence-corrected chi connectivity index (χ3v) is 2.58. The SMILES string of the molecule is COC(=O)c1cc(C)cc(CCl)c1Cl. The van der Waals surface area contributed by atoms with Crippen LogP contribution in [0.15, 0.2) is 12.1 Å². The molecule has 0 unspecified atom stereocenters. The van der Waals surface area contributed by atoms with Crippen LogP contribution in [0.3, 0.4) is 0 Å². The number of carbonyl (C=O) groups excluding carboxylic acids is 1. The lowest BCUT2D eigenvalue weighted by Gasteiger charge is -2.07. The first-order valence-corrected chi connectivity index (χ1v) is 4.94. The van der Waals surface area contributed by atoms with E-state index in [1.807, 2.05) is 13.0 Å². The summed E-state index contributed by atoms with van der Waals surface area (Å²) in [5.74, 6) is -0.158. The first-order chi connectivity index (χ1) is 6.60. The summed E-state index contributed by atoms with van der Waals surface area (Å²) in [6.45, 7) is 1.87. The zero-order valence-corrected chi connectivity index (χ0v) is 9.45. The van der Waals surface area contributed by atoms with Crippen LogP contribution in [0.4, 0.5) is 0 Å². The molecule has 1 aromatic carbocycles. The molecule has 4 heteroatoms. The molecule has 0 aliphatic heterocycles. The smallest absolute Gasteiger partial charge is 0.339 e. The number of halogens is 2. The highest BCUT2D eigenvalue weighted by Gasteiger charge is 2.14. The Morgan fingerprint density at radius 1 is 1.50 bits per heavy atom. The molecule has 14 heavy (non-hydrogen) atoms. The van der Waals surface area contributed by atoms with Gasteiger partial charge in [0.2, 0.25) is 0 Å². The van der Waals surface area contributed by atoms with E-state index in [4.69, 9.17) is 23.2 Å². The van der Waals surface area contributed by atoms with Gasteiger partial charge in [0.05, 0.1) is 17.7 Å². The number of hydrogen-bond donors (Lipinski definition) is 0. The normalized spacial score (nSPS) is 10.0. The fraction of sp³-hybridized carbons (Fsp3) is 0.300. The van der Waals surface area contributed by atoms with Crippen LogP contribution in [0.1, 0.15) is 21.5 Å². The fourth-order valence-corrected chi connectivity index (χ4v) is 1.73. The minimum absolute atomic E-state index is 0.282. The molecule has 0 radical (unpaired) electrons. The van der Waals surface area contributed by atoms with Crippen molar-refractivity contribution in [2.75, 3.05) is 7.11 Å². The van der Waals surface area contributed by atoms with Gasteiger partial charge < -0.3 is 4.74 Å². The predicted octanol–water partition coefficient (Wildman–Crippen LogP) is 3.17. The lowest BCUT2D eigenvalue weighted by molar-refractivity contribution is 0.0600. The Bertz CT molecular complexity index is 361. The second-order valence-corrected chi connectivity index (χ2v) is 3.56. The van der Waals surface area contributed by atoms with Crippen molar-refractivity contribution in [1.82, 2.24) is 0 Å². The van der Waals surface area contributed by atoms with Crippen molar-refractivity contribution in [2.24, 2.45) is 0 Å². The minimum Gasteiger partial charge on any atom is -0.465 e. The molecular formula is C10H10Cl2O2. The number of aryl methyl sites for hydroxylation is 1. The van der Waals surface area contributed by atoms with Gasteiger partial charge in [0.1, 0.15) is 0 Å². The van der Waals surface area contributed by atoms with Crippen molar-refractivity contribution in [3.05, 3.63) is 33.8 Å². The molecule has 0 heterocycles. The zero-order chi connectivity index (χ0) is 10.7. The highest BCUT2D eigenvalue weighted by atomic mass is 35.5. The van der Waals surface area contributed by atoms with Gasteiger partial charge in [-0.15, -0.1) is 11.6 Å². The van der Waals surface area contributed by atoms with Gasteiger partial charge in [-0.3, -0.25) is 0 Å². The molecule has 0 spiro atoms. The maximum atomic E-state index is 11.3. The third-order valence-electron chi connectivity index (χ3n) is 1.84. The van der Waals surface area contributed by atoms with Crippen molar-refractivity contribution < 1.29 is 9.53 Å². The number of esters is 1. The maximum Gasteiger partial charge on any atom is 0.339 e. The Kier molecular flexibility index (Phi) is 3.78. The predicted molar refractivity (Wildman–Crippen MR) is 57.1 cm³/mol. The van der Waals surface area contributed by atoms with Gasteiger partial charge >= 0.3 is 5.97 Å². The Morgan fingerprint density at radius 3 is 2.64 bits per heavy atom. The molecule has 0 aliphatic rings. The Balaban J connectivity index is 3.29. The van der Waals surface area contributed by atoms with Crippen LogP contribution in [0.5, 0.6) is 0 Å². The van der Waals surface area contributed by atoms with Crippen molar-refractivity contribution >= 4 is 29.2 Å². The minimum atomic E-state index is -0.440. The van der Waals surface area contributed by atoms with E-state index in [1.54, 1.807) is 6.07 Å². The highest BCUT2D eigenvalue weighted by molar-refractivity contribution is 6.35. The molecule has 1 aromatic rings. The molecule has 0 N–H and O–H groups in total. The van der Waals surface area contributed by atoms with Crippen LogP contribution in [-0.2, 0) is 10.6 Å². The largest absolute Gasteiger partial charge is 0.465 e. The van der Waals surface area contributed by atoms with Crippen molar-refractivity contribution in [2.45, 2.75) is 12.8 Å². The van der Waals surface area contributed by atoms with E-state index in [2.05, 4.69) is 4.74 Å². The van der Waals surface area contributed by atoms with E-state index < -0.39 is 5.97 Å². The second kappa shape index (κ2) is 4.67. The molecule has 0 bridgehead atoms. The van der Waals surface area contributed by atoms with E-state index >= 15 is 0 Å². The molecule has 0 saturated heterocycles. The summed E-state index contributed by atoms with van der Waals surface area (Å²) in [4.78, 5) is 11.3. The van der Waals surface area contributed by atoms with Gasteiger partial charge in [-0.25, -0.2) is 4.79 Å². The van der Waals surface area contributed by atoms with Gasteiger partial charge in [0, 0.05) is 5.88 Å². The van der Waals surface area contributed by atoms with Gasteiger partial charge in [-0.05, 0) is 24.1 Å². The summed E-state index contributed by atoms with van der Waals surface area (Å²) in [5, 5.41) is 0.373. The molecule has 0 aromatic heterocycles. The summed E-state index contributed by atoms with van der Waals surface area (Å²) >= 11 is 11.7. The Labute approximate surface area is 92.8 Å². The number of rotatable bonds is 2. The fourth-order valence-electron chi connectivity index (χ4n) is 1.20. The summed E-state index contributed by atoms with van der Waals surface area (Å²) in [6.07, 6.45) is 0. The van der Waals surface area contributed by atoms with E-state index in [9.17, 15) is 4.79 Å². The average molecular weight is 233 g/mol. The lowest BCUT2D eigenvalue weighted by atomic mass is 10.1. The highest BCUT2D eigenvalue weighted by Crippen LogP contribution is 2.25. The van der Waals surface area contributed by atoms with Crippen molar-refractivity contribution in [3.63, 3.8) is 0 Å². The molecule has 0 saturated carbocycles. The molecule has 0 fully saturated rings. The quantitative estimate of drug-likeness (QED) is 0.579. The van der Waals surface area contributed by atoms with Gasteiger partial charge in [-0.2, -0.15) is 0 Å². The lowest BCUT2D eigenvalue weighted by Crippen LogP contribution is -2.04. The van der Waals surface area contributed by atoms with Gasteiger partial charge in [-0.1, -0.05) is 17.7 Å². The summed E-state index contributed by atoms with van der Waals surface area (Å²) in [5.41, 5.74) is 2.05. The standard InChI is InChI=1S/C10H10Cl2O2/c1-6-3-7(5-11)9(12)8(4-6)10(13)14-2/h3-4H,5H2,1-2H3. The molecule has 76 valence electrons. The Hall–Kier alpha value is -0.730. The van der Waals surface area contributed by atoms with E-state index in [0.29, 0.717) is 10.6 Å². The van der Waals surface area contributed by atoms with Gasteiger partial charge in [0.25, 0.3) is 0 Å². The van der Waals surface area contributed by atoms with Crippen LogP contribution < -0.4 is 0 Å². The number of carbonyl (C=O) groups is 1. The van der Waals surface area contributed by atoms with Crippen LogP contribution in [0.25, 0.3) is 0 Å². The molecule has 0 aliphatic carbocycles. The number of alkyl halides is 1. The topological polar surface area (TPSA) is 26.3 Å². The zero-order valence-electron chi connectivity index (χ0n) is 7.93. The van der Waals surface area contributed by atoms with E-state index in [-0.39, 0.29) is 5.88 Å². The molecular weight excluding hydrogens is 223 g/mol. The van der Waals surface area contributed by atoms with Crippen LogP contribution in [-0.4, -0.2) is 13.1 Å². The number of benzene rings is 1. The van der Waals surface area contributed by atoms with E-state index in [0.717, 1.165) is 11.1 Å². The summed E-state index contributed by atoms with van der Waals surface area (Å²) in [7, 11) is 1.32. The first-order valence-electron chi connectivity index (χ1n) is 4.03. The summed E-state index contributed by atoms with van der Waals surface area (Å²) < 4.78 is 4.61. The molecule has 0 amide bonds. The van der Waals surface area contributed by atoms with E-state index in [1.165, 1.54) is 7.11 Å². The maximum absolute atomic E-state index is 11.3. The third kappa shape index (κ3) is 2.20.